The van der Waals surface area contributed by atoms with Gasteiger partial charge in [0.1, 0.15) is 5.75 Å². The van der Waals surface area contributed by atoms with E-state index in [9.17, 15) is 9.90 Å². The molecule has 0 bridgehead atoms. The van der Waals surface area contributed by atoms with Crippen LogP contribution in [0.25, 0.3) is 0 Å². The summed E-state index contributed by atoms with van der Waals surface area (Å²) in [4.78, 5) is 13.9. The van der Waals surface area contributed by atoms with Crippen molar-refractivity contribution in [1.29, 1.82) is 0 Å². The van der Waals surface area contributed by atoms with Gasteiger partial charge in [-0.25, -0.2) is 0 Å². The van der Waals surface area contributed by atoms with Gasteiger partial charge < -0.3 is 24.8 Å². The van der Waals surface area contributed by atoms with Gasteiger partial charge in [0.15, 0.2) is 11.5 Å². The predicted octanol–water partition coefficient (Wildman–Crippen LogP) is 1.47. The van der Waals surface area contributed by atoms with Gasteiger partial charge in [-0.2, -0.15) is 0 Å². The summed E-state index contributed by atoms with van der Waals surface area (Å²) in [6.45, 7) is 7.67. The molecule has 6 heteroatoms. The molecule has 1 aromatic rings. The van der Waals surface area contributed by atoms with Crippen LogP contribution < -0.4 is 14.8 Å². The number of carbonyl (C=O) groups excluding carboxylic acids is 1. The first-order chi connectivity index (χ1) is 10.1. The molecule has 0 saturated carbocycles. The largest absolute Gasteiger partial charge is 0.507 e. The highest BCUT2D eigenvalue weighted by molar-refractivity contribution is 5.81. The van der Waals surface area contributed by atoms with E-state index in [1.165, 1.54) is 6.07 Å². The van der Waals surface area contributed by atoms with E-state index in [4.69, 9.17) is 9.47 Å². The van der Waals surface area contributed by atoms with Crippen LogP contribution in [0.2, 0.25) is 0 Å². The molecular formula is C15H22N2O4. The third-order valence-corrected chi connectivity index (χ3v) is 3.62. The van der Waals surface area contributed by atoms with Crippen LogP contribution in [0.1, 0.15) is 26.3 Å². The summed E-state index contributed by atoms with van der Waals surface area (Å²) in [6.07, 6.45) is 0. The van der Waals surface area contributed by atoms with Crippen molar-refractivity contribution in [1.82, 2.24) is 10.2 Å². The number of hydrogen-bond acceptors (Lipinski definition) is 5. The number of hydrogen-bond donors (Lipinski definition) is 2. The molecule has 0 radical (unpaired) electrons. The van der Waals surface area contributed by atoms with E-state index in [0.29, 0.717) is 36.7 Å². The van der Waals surface area contributed by atoms with Crippen molar-refractivity contribution < 1.29 is 19.4 Å². The van der Waals surface area contributed by atoms with Gasteiger partial charge in [-0.1, -0.05) is 0 Å². The number of nitrogens with zero attached hydrogens (tertiary/aromatic N) is 1. The molecule has 1 aliphatic rings. The first kappa shape index (κ1) is 15.4. The number of benzene rings is 1. The fraction of sp³-hybridized carbons (Fsp3) is 0.533. The fourth-order valence-electron chi connectivity index (χ4n) is 2.27. The van der Waals surface area contributed by atoms with Crippen LogP contribution in [-0.4, -0.2) is 41.8 Å². The molecule has 0 aromatic heterocycles. The van der Waals surface area contributed by atoms with Gasteiger partial charge in [0.2, 0.25) is 12.7 Å². The van der Waals surface area contributed by atoms with Crippen molar-refractivity contribution >= 4 is 5.91 Å². The van der Waals surface area contributed by atoms with Crippen LogP contribution in [0, 0.1) is 0 Å². The standard InChI is InChI=1S/C15H22N2O4/c1-4-17(5-2)15(19)10(3)16-8-11-6-13-14(7-12(11)18)21-9-20-13/h6-7,10,16,18H,4-5,8-9H2,1-3H3. The zero-order valence-corrected chi connectivity index (χ0v) is 12.7. The lowest BCUT2D eigenvalue weighted by Crippen LogP contribution is -2.44. The first-order valence-corrected chi connectivity index (χ1v) is 7.20. The lowest BCUT2D eigenvalue weighted by molar-refractivity contribution is -0.132. The van der Waals surface area contributed by atoms with E-state index in [1.54, 1.807) is 11.0 Å². The second-order valence-corrected chi connectivity index (χ2v) is 4.95. The number of rotatable bonds is 6. The normalized spacial score (nSPS) is 14.0. The zero-order valence-electron chi connectivity index (χ0n) is 12.7. The van der Waals surface area contributed by atoms with Gasteiger partial charge in [-0.15, -0.1) is 0 Å². The number of aromatic hydroxyl groups is 1. The Morgan fingerprint density at radius 1 is 1.33 bits per heavy atom. The summed E-state index contributed by atoms with van der Waals surface area (Å²) in [5.74, 6) is 1.35. The number of likely N-dealkylation sites (N-methyl/N-ethyl adjacent to an activating group) is 1. The molecule has 0 aliphatic carbocycles. The number of carbonyl (C=O) groups is 1. The molecule has 2 rings (SSSR count). The Morgan fingerprint density at radius 2 is 1.95 bits per heavy atom. The molecule has 21 heavy (non-hydrogen) atoms. The van der Waals surface area contributed by atoms with Crippen molar-refractivity contribution in [2.24, 2.45) is 0 Å². The van der Waals surface area contributed by atoms with Gasteiger partial charge in [-0.3, -0.25) is 4.79 Å². The van der Waals surface area contributed by atoms with E-state index in [0.717, 1.165) is 0 Å². The predicted molar refractivity (Wildman–Crippen MR) is 78.5 cm³/mol. The molecule has 1 aliphatic heterocycles. The summed E-state index contributed by atoms with van der Waals surface area (Å²) in [7, 11) is 0. The van der Waals surface area contributed by atoms with Crippen LogP contribution in [0.3, 0.4) is 0 Å². The number of ether oxygens (including phenoxy) is 2. The SMILES string of the molecule is CCN(CC)C(=O)C(C)NCc1cc2c(cc1O)OCO2. The van der Waals surface area contributed by atoms with E-state index in [2.05, 4.69) is 5.32 Å². The molecule has 6 nitrogen and oxygen atoms in total. The number of fused-ring (bicyclic) bond motifs is 1. The minimum absolute atomic E-state index is 0.0558. The van der Waals surface area contributed by atoms with Gasteiger partial charge in [0.25, 0.3) is 0 Å². The average molecular weight is 294 g/mol. The topological polar surface area (TPSA) is 71.0 Å². The number of phenolic OH excluding ortho intramolecular Hbond substituents is 1. The Morgan fingerprint density at radius 3 is 2.57 bits per heavy atom. The summed E-state index contributed by atoms with van der Waals surface area (Å²) >= 11 is 0. The average Bonchev–Trinajstić information content (AvgIpc) is 2.92. The van der Waals surface area contributed by atoms with E-state index in [-0.39, 0.29) is 24.5 Å². The molecule has 116 valence electrons. The van der Waals surface area contributed by atoms with Crippen LogP contribution in [0.4, 0.5) is 0 Å². The van der Waals surface area contributed by atoms with Crippen LogP contribution in [0.15, 0.2) is 12.1 Å². The number of phenols is 1. The third kappa shape index (κ3) is 3.39. The quantitative estimate of drug-likeness (QED) is 0.831. The molecule has 1 amide bonds. The maximum absolute atomic E-state index is 12.2. The summed E-state index contributed by atoms with van der Waals surface area (Å²) in [6, 6.07) is 2.96. The molecule has 1 aromatic carbocycles. The Balaban J connectivity index is 1.98. The number of amides is 1. The zero-order chi connectivity index (χ0) is 15.4. The molecule has 0 saturated heterocycles. The smallest absolute Gasteiger partial charge is 0.239 e. The highest BCUT2D eigenvalue weighted by atomic mass is 16.7. The van der Waals surface area contributed by atoms with Crippen molar-refractivity contribution in [2.75, 3.05) is 19.9 Å². The molecule has 0 fully saturated rings. The lowest BCUT2D eigenvalue weighted by Gasteiger charge is -2.23. The minimum Gasteiger partial charge on any atom is -0.507 e. The highest BCUT2D eigenvalue weighted by Gasteiger charge is 2.20. The summed E-state index contributed by atoms with van der Waals surface area (Å²) in [5, 5.41) is 13.1. The Labute approximate surface area is 124 Å². The Kier molecular flexibility index (Phi) is 4.90. The summed E-state index contributed by atoms with van der Waals surface area (Å²) in [5.41, 5.74) is 0.679. The van der Waals surface area contributed by atoms with E-state index in [1.807, 2.05) is 20.8 Å². The molecule has 2 N–H and O–H groups in total. The van der Waals surface area contributed by atoms with Gasteiger partial charge in [0, 0.05) is 31.3 Å². The van der Waals surface area contributed by atoms with Crippen molar-refractivity contribution in [3.63, 3.8) is 0 Å². The fourth-order valence-corrected chi connectivity index (χ4v) is 2.27. The first-order valence-electron chi connectivity index (χ1n) is 7.20. The highest BCUT2D eigenvalue weighted by Crippen LogP contribution is 2.37. The van der Waals surface area contributed by atoms with Crippen LogP contribution >= 0.6 is 0 Å². The van der Waals surface area contributed by atoms with Crippen LogP contribution in [0.5, 0.6) is 17.2 Å². The Hall–Kier alpha value is -1.95. The van der Waals surface area contributed by atoms with Crippen molar-refractivity contribution in [3.05, 3.63) is 17.7 Å². The molecular weight excluding hydrogens is 272 g/mol. The maximum Gasteiger partial charge on any atom is 0.239 e. The second kappa shape index (κ2) is 6.67. The summed E-state index contributed by atoms with van der Waals surface area (Å²) < 4.78 is 10.5. The lowest BCUT2D eigenvalue weighted by atomic mass is 10.1. The maximum atomic E-state index is 12.2. The minimum atomic E-state index is -0.310. The molecule has 1 unspecified atom stereocenters. The molecule has 1 heterocycles. The van der Waals surface area contributed by atoms with Gasteiger partial charge in [0.05, 0.1) is 6.04 Å². The van der Waals surface area contributed by atoms with Crippen LogP contribution in [-0.2, 0) is 11.3 Å². The monoisotopic (exact) mass is 294 g/mol. The van der Waals surface area contributed by atoms with Crippen molar-refractivity contribution in [3.8, 4) is 17.2 Å². The van der Waals surface area contributed by atoms with E-state index < -0.39 is 0 Å². The van der Waals surface area contributed by atoms with E-state index >= 15 is 0 Å². The molecule has 0 spiro atoms. The van der Waals surface area contributed by atoms with Gasteiger partial charge in [-0.05, 0) is 26.8 Å². The third-order valence-electron chi connectivity index (χ3n) is 3.62. The van der Waals surface area contributed by atoms with Crippen molar-refractivity contribution in [2.45, 2.75) is 33.4 Å². The number of nitrogens with one attached hydrogen (secondary N) is 1. The van der Waals surface area contributed by atoms with Gasteiger partial charge >= 0.3 is 0 Å². The Bertz CT molecular complexity index is 515. The second-order valence-electron chi connectivity index (χ2n) is 4.95. The molecule has 1 atom stereocenters.